The van der Waals surface area contributed by atoms with E-state index >= 15 is 0 Å². The molecule has 0 unspecified atom stereocenters. The minimum atomic E-state index is 0.184. The number of guanidine groups is 2. The van der Waals surface area contributed by atoms with Gasteiger partial charge in [-0.1, -0.05) is 22.9 Å². The van der Waals surface area contributed by atoms with Crippen LogP contribution in [0.5, 0.6) is 0 Å². The minimum absolute atomic E-state index is 0.184. The highest BCUT2D eigenvalue weighted by atomic mass is 79.9. The van der Waals surface area contributed by atoms with Crippen molar-refractivity contribution in [1.82, 2.24) is 4.90 Å². The molecule has 1 fully saturated rings. The molecule has 1 saturated heterocycles. The summed E-state index contributed by atoms with van der Waals surface area (Å²) in [5.74, 6) is 1.39. The second kappa shape index (κ2) is 6.74. The third-order valence-corrected chi connectivity index (χ3v) is 3.94. The summed E-state index contributed by atoms with van der Waals surface area (Å²) in [4.78, 5) is 10.5. The summed E-state index contributed by atoms with van der Waals surface area (Å²) < 4.78 is 1.00. The summed E-state index contributed by atoms with van der Waals surface area (Å²) in [6.45, 7) is 4.12. The molecule has 6 heteroatoms. The minimum Gasteiger partial charge on any atom is -0.369 e. The SMILES string of the molecule is CC1CCN(/C(N)=N/C(N)=Nc2ccc(Br)cc2)CC1. The quantitative estimate of drug-likeness (QED) is 0.610. The zero-order valence-corrected chi connectivity index (χ0v) is 13.2. The van der Waals surface area contributed by atoms with E-state index in [1.165, 1.54) is 0 Å². The maximum absolute atomic E-state index is 5.98. The van der Waals surface area contributed by atoms with Gasteiger partial charge in [0.25, 0.3) is 0 Å². The van der Waals surface area contributed by atoms with Crippen molar-refractivity contribution in [2.75, 3.05) is 13.1 Å². The number of halogens is 1. The van der Waals surface area contributed by atoms with E-state index in [4.69, 9.17) is 11.5 Å². The van der Waals surface area contributed by atoms with Crippen LogP contribution in [0.2, 0.25) is 0 Å². The van der Waals surface area contributed by atoms with Crippen LogP contribution in [-0.2, 0) is 0 Å². The van der Waals surface area contributed by atoms with Crippen LogP contribution >= 0.6 is 15.9 Å². The monoisotopic (exact) mass is 337 g/mol. The Bertz CT molecular complexity index is 501. The third-order valence-electron chi connectivity index (χ3n) is 3.41. The summed E-state index contributed by atoms with van der Waals surface area (Å²) in [5, 5.41) is 0. The Morgan fingerprint density at radius 3 is 2.40 bits per heavy atom. The van der Waals surface area contributed by atoms with E-state index in [-0.39, 0.29) is 5.96 Å². The van der Waals surface area contributed by atoms with Crippen LogP contribution in [0.1, 0.15) is 19.8 Å². The molecule has 1 heterocycles. The normalized spacial score (nSPS) is 18.4. The van der Waals surface area contributed by atoms with E-state index in [0.29, 0.717) is 5.96 Å². The second-order valence-corrected chi connectivity index (χ2v) is 6.00. The molecule has 0 atom stereocenters. The van der Waals surface area contributed by atoms with Crippen molar-refractivity contribution >= 4 is 33.5 Å². The fraction of sp³-hybridized carbons (Fsp3) is 0.429. The van der Waals surface area contributed by atoms with Gasteiger partial charge < -0.3 is 16.4 Å². The fourth-order valence-corrected chi connectivity index (χ4v) is 2.36. The Morgan fingerprint density at radius 1 is 1.20 bits per heavy atom. The highest BCUT2D eigenvalue weighted by Crippen LogP contribution is 2.17. The largest absolute Gasteiger partial charge is 0.369 e. The molecule has 1 aromatic rings. The van der Waals surface area contributed by atoms with E-state index in [2.05, 4.69) is 37.7 Å². The standard InChI is InChI=1S/C14H20BrN5/c1-10-6-8-20(9-7-10)14(17)19-13(16)18-12-4-2-11(15)3-5-12/h2-5,10H,6-9H2,1H3,(H4,16,17,18,19). The van der Waals surface area contributed by atoms with Crippen molar-refractivity contribution in [3.63, 3.8) is 0 Å². The summed E-state index contributed by atoms with van der Waals surface area (Å²) in [6, 6.07) is 7.55. The van der Waals surface area contributed by atoms with Gasteiger partial charge in [-0.2, -0.15) is 4.99 Å². The van der Waals surface area contributed by atoms with Gasteiger partial charge in [-0.25, -0.2) is 4.99 Å². The predicted molar refractivity (Wildman–Crippen MR) is 87.0 cm³/mol. The maximum Gasteiger partial charge on any atom is 0.223 e. The molecule has 108 valence electrons. The number of nitrogens with zero attached hydrogens (tertiary/aromatic N) is 3. The number of likely N-dealkylation sites (tertiary alicyclic amines) is 1. The molecule has 5 nitrogen and oxygen atoms in total. The number of aliphatic imine (C=N–C) groups is 2. The molecule has 2 rings (SSSR count). The summed E-state index contributed by atoms with van der Waals surface area (Å²) in [7, 11) is 0. The number of hydrogen-bond donors (Lipinski definition) is 2. The summed E-state index contributed by atoms with van der Waals surface area (Å²) in [6.07, 6.45) is 2.28. The topological polar surface area (TPSA) is 80.0 Å². The average Bonchev–Trinajstić information content (AvgIpc) is 2.42. The van der Waals surface area contributed by atoms with Gasteiger partial charge in [0.05, 0.1) is 5.69 Å². The Balaban J connectivity index is 2.03. The molecule has 4 N–H and O–H groups in total. The van der Waals surface area contributed by atoms with Gasteiger partial charge >= 0.3 is 0 Å². The van der Waals surface area contributed by atoms with E-state index in [9.17, 15) is 0 Å². The average molecular weight is 338 g/mol. The number of hydrogen-bond acceptors (Lipinski definition) is 1. The molecular formula is C14H20BrN5. The molecule has 0 radical (unpaired) electrons. The fourth-order valence-electron chi connectivity index (χ4n) is 2.10. The summed E-state index contributed by atoms with van der Waals surface area (Å²) >= 11 is 3.37. The van der Waals surface area contributed by atoms with Crippen molar-refractivity contribution in [2.24, 2.45) is 27.4 Å². The molecule has 0 amide bonds. The van der Waals surface area contributed by atoms with Gasteiger partial charge in [-0.15, -0.1) is 0 Å². The Kier molecular flexibility index (Phi) is 5.00. The van der Waals surface area contributed by atoms with Crippen molar-refractivity contribution in [3.8, 4) is 0 Å². The van der Waals surface area contributed by atoms with Crippen LogP contribution < -0.4 is 11.5 Å². The first kappa shape index (κ1) is 14.8. The number of rotatable bonds is 1. The molecule has 0 spiro atoms. The van der Waals surface area contributed by atoms with E-state index in [0.717, 1.165) is 42.0 Å². The van der Waals surface area contributed by atoms with E-state index < -0.39 is 0 Å². The van der Waals surface area contributed by atoms with E-state index in [1.807, 2.05) is 24.3 Å². The van der Waals surface area contributed by atoms with E-state index in [1.54, 1.807) is 0 Å². The lowest BCUT2D eigenvalue weighted by Gasteiger charge is -2.30. The molecule has 1 aliphatic heterocycles. The highest BCUT2D eigenvalue weighted by molar-refractivity contribution is 9.10. The van der Waals surface area contributed by atoms with Gasteiger partial charge in [0.2, 0.25) is 5.96 Å². The molecule has 0 aliphatic carbocycles. The predicted octanol–water partition coefficient (Wildman–Crippen LogP) is 2.44. The van der Waals surface area contributed by atoms with Crippen molar-refractivity contribution in [2.45, 2.75) is 19.8 Å². The third kappa shape index (κ3) is 4.23. The van der Waals surface area contributed by atoms with Crippen molar-refractivity contribution in [1.29, 1.82) is 0 Å². The summed E-state index contributed by atoms with van der Waals surface area (Å²) in [5.41, 5.74) is 12.6. The molecule has 20 heavy (non-hydrogen) atoms. The Labute approximate surface area is 127 Å². The number of piperidine rings is 1. The second-order valence-electron chi connectivity index (χ2n) is 5.09. The van der Waals surface area contributed by atoms with Crippen LogP contribution in [0.15, 0.2) is 38.7 Å². The van der Waals surface area contributed by atoms with Gasteiger partial charge in [0.1, 0.15) is 0 Å². The molecule has 0 saturated carbocycles. The molecule has 0 aromatic heterocycles. The number of nitrogens with two attached hydrogens (primary N) is 2. The highest BCUT2D eigenvalue weighted by Gasteiger charge is 2.17. The van der Waals surface area contributed by atoms with Gasteiger partial charge in [0.15, 0.2) is 5.96 Å². The zero-order chi connectivity index (χ0) is 14.5. The zero-order valence-electron chi connectivity index (χ0n) is 11.6. The lowest BCUT2D eigenvalue weighted by molar-refractivity contribution is 0.278. The molecule has 1 aromatic carbocycles. The first-order valence-electron chi connectivity index (χ1n) is 6.73. The van der Waals surface area contributed by atoms with Crippen LogP contribution in [0.4, 0.5) is 5.69 Å². The molecule has 0 bridgehead atoms. The van der Waals surface area contributed by atoms with Gasteiger partial charge in [-0.05, 0) is 43.0 Å². The first-order chi connectivity index (χ1) is 9.54. The van der Waals surface area contributed by atoms with Gasteiger partial charge in [0, 0.05) is 17.6 Å². The van der Waals surface area contributed by atoms with Crippen LogP contribution in [0, 0.1) is 5.92 Å². The lowest BCUT2D eigenvalue weighted by atomic mass is 10.00. The lowest BCUT2D eigenvalue weighted by Crippen LogP contribution is -2.43. The molecular weight excluding hydrogens is 318 g/mol. The van der Waals surface area contributed by atoms with Crippen molar-refractivity contribution in [3.05, 3.63) is 28.7 Å². The van der Waals surface area contributed by atoms with Crippen LogP contribution in [0.3, 0.4) is 0 Å². The van der Waals surface area contributed by atoms with Crippen LogP contribution in [0.25, 0.3) is 0 Å². The smallest absolute Gasteiger partial charge is 0.223 e. The molecule has 1 aliphatic rings. The maximum atomic E-state index is 5.98. The van der Waals surface area contributed by atoms with Crippen molar-refractivity contribution < 1.29 is 0 Å². The Morgan fingerprint density at radius 2 is 1.80 bits per heavy atom. The first-order valence-corrected chi connectivity index (χ1v) is 7.53. The van der Waals surface area contributed by atoms with Gasteiger partial charge in [-0.3, -0.25) is 0 Å². The van der Waals surface area contributed by atoms with Crippen LogP contribution in [-0.4, -0.2) is 29.9 Å². The number of benzene rings is 1. The Hall–Kier alpha value is -1.56.